The first-order valence-corrected chi connectivity index (χ1v) is 13.9. The van der Waals surface area contributed by atoms with E-state index in [1.54, 1.807) is 0 Å². The van der Waals surface area contributed by atoms with Crippen LogP contribution in [0.1, 0.15) is 52.4 Å². The van der Waals surface area contributed by atoms with Gasteiger partial charge in [-0.15, -0.1) is 0 Å². The van der Waals surface area contributed by atoms with Crippen LogP contribution in [-0.4, -0.2) is 73.6 Å². The van der Waals surface area contributed by atoms with E-state index in [1.807, 2.05) is 13.8 Å². The number of carbonyl (C=O) groups is 2. The van der Waals surface area contributed by atoms with E-state index in [0.29, 0.717) is 31.6 Å². The number of hydrogen-bond donors (Lipinski definition) is 3. The fourth-order valence-electron chi connectivity index (χ4n) is 4.07. The highest BCUT2D eigenvalue weighted by Crippen LogP contribution is 2.35. The Morgan fingerprint density at radius 1 is 1.19 bits per heavy atom. The van der Waals surface area contributed by atoms with Crippen LogP contribution in [0.25, 0.3) is 0 Å². The molecule has 1 aromatic rings. The van der Waals surface area contributed by atoms with Crippen LogP contribution in [0, 0.1) is 22.0 Å². The first kappa shape index (κ1) is 30.5. The third kappa shape index (κ3) is 9.56. The lowest BCUT2D eigenvalue weighted by atomic mass is 10.0. The average Bonchev–Trinajstić information content (AvgIpc) is 3.70. The Balaban J connectivity index is 2.08. The van der Waals surface area contributed by atoms with Gasteiger partial charge in [0.2, 0.25) is 15.9 Å². The summed E-state index contributed by atoms with van der Waals surface area (Å²) in [6, 6.07) is 3.94. The van der Waals surface area contributed by atoms with Crippen LogP contribution >= 0.6 is 0 Å². The van der Waals surface area contributed by atoms with Crippen molar-refractivity contribution in [3.05, 3.63) is 34.4 Å². The van der Waals surface area contributed by atoms with Crippen LogP contribution in [0.2, 0.25) is 0 Å². The number of rotatable bonds is 16. The van der Waals surface area contributed by atoms with Gasteiger partial charge in [-0.05, 0) is 62.5 Å². The summed E-state index contributed by atoms with van der Waals surface area (Å²) in [6.45, 7) is 3.56. The summed E-state index contributed by atoms with van der Waals surface area (Å²) in [5, 5.41) is 26.4. The van der Waals surface area contributed by atoms with Crippen molar-refractivity contribution in [2.75, 3.05) is 26.8 Å². The largest absolute Gasteiger partial charge is 0.453 e. The number of hydrogen-bond acceptors (Lipinski definition) is 8. The number of nitro groups is 1. The number of ether oxygens (including phenoxy) is 1. The highest BCUT2D eigenvalue weighted by Gasteiger charge is 2.34. The molecule has 12 nitrogen and oxygen atoms in total. The van der Waals surface area contributed by atoms with Crippen molar-refractivity contribution in [1.29, 1.82) is 0 Å². The van der Waals surface area contributed by atoms with Crippen LogP contribution in [0.15, 0.2) is 29.2 Å². The quantitative estimate of drug-likeness (QED) is 0.211. The fourth-order valence-corrected chi connectivity index (χ4v) is 5.73. The second kappa shape index (κ2) is 14.2. The Morgan fingerprint density at radius 3 is 2.35 bits per heavy atom. The molecule has 13 heteroatoms. The molecule has 1 saturated carbocycles. The minimum absolute atomic E-state index is 0.0680. The van der Waals surface area contributed by atoms with Gasteiger partial charge >= 0.3 is 6.09 Å². The highest BCUT2D eigenvalue weighted by atomic mass is 32.2. The van der Waals surface area contributed by atoms with E-state index in [4.69, 9.17) is 0 Å². The third-order valence-corrected chi connectivity index (χ3v) is 8.33. The molecule has 3 N–H and O–H groups in total. The van der Waals surface area contributed by atoms with Crippen LogP contribution in [0.3, 0.4) is 0 Å². The molecule has 0 bridgehead atoms. The molecule has 37 heavy (non-hydrogen) atoms. The Bertz CT molecular complexity index is 1010. The van der Waals surface area contributed by atoms with Crippen LogP contribution in [-0.2, 0) is 19.6 Å². The second-order valence-electron chi connectivity index (χ2n) is 9.67. The number of nitrogens with zero attached hydrogens (tertiary/aromatic N) is 2. The minimum Gasteiger partial charge on any atom is -0.453 e. The van der Waals surface area contributed by atoms with E-state index >= 15 is 0 Å². The Hall–Kier alpha value is -2.77. The van der Waals surface area contributed by atoms with Crippen LogP contribution in [0.5, 0.6) is 0 Å². The summed E-state index contributed by atoms with van der Waals surface area (Å²) >= 11 is 0. The van der Waals surface area contributed by atoms with Crippen molar-refractivity contribution in [2.24, 2.45) is 11.8 Å². The van der Waals surface area contributed by atoms with E-state index in [9.17, 15) is 33.2 Å². The van der Waals surface area contributed by atoms with Crippen molar-refractivity contribution in [3.8, 4) is 0 Å². The Labute approximate surface area is 217 Å². The molecule has 0 saturated heterocycles. The van der Waals surface area contributed by atoms with Gasteiger partial charge in [0.15, 0.2) is 0 Å². The molecule has 2 rings (SSSR count). The maximum atomic E-state index is 13.5. The molecule has 1 aliphatic rings. The average molecular weight is 543 g/mol. The number of nitro benzene ring substituents is 1. The Morgan fingerprint density at radius 2 is 1.84 bits per heavy atom. The number of aliphatic hydroxyl groups excluding tert-OH is 1. The number of non-ortho nitro benzene ring substituents is 1. The molecule has 2 atom stereocenters. The van der Waals surface area contributed by atoms with Gasteiger partial charge in [-0.3, -0.25) is 14.9 Å². The highest BCUT2D eigenvalue weighted by molar-refractivity contribution is 7.89. The molecule has 2 unspecified atom stereocenters. The standard InChI is InChI=1S/C24H38N4O8S/c1-17(2)13-14-27(37(34,35)21-11-9-19(10-12-21)28(32)33)20(16-29)5-4-6-22(18-7-8-18)26-23(30)15-25-24(31)36-3/h9-12,17-18,20,22,29H,4-8,13-16H2,1-3H3,(H,25,31)(H,26,30). The summed E-state index contributed by atoms with van der Waals surface area (Å²) in [4.78, 5) is 33.7. The number of amides is 2. The van der Waals surface area contributed by atoms with Crippen LogP contribution < -0.4 is 10.6 Å². The van der Waals surface area contributed by atoms with Crippen molar-refractivity contribution in [2.45, 2.75) is 69.4 Å². The smallest absolute Gasteiger partial charge is 0.407 e. The molecule has 208 valence electrons. The minimum atomic E-state index is -4.01. The predicted octanol–water partition coefficient (Wildman–Crippen LogP) is 2.41. The summed E-state index contributed by atoms with van der Waals surface area (Å²) in [6.07, 6.45) is 3.38. The topological polar surface area (TPSA) is 168 Å². The molecule has 0 radical (unpaired) electrons. The normalized spacial score (nSPS) is 15.3. The second-order valence-corrected chi connectivity index (χ2v) is 11.6. The lowest BCUT2D eigenvalue weighted by Gasteiger charge is -2.31. The molecule has 1 aliphatic carbocycles. The monoisotopic (exact) mass is 542 g/mol. The molecular formula is C24H38N4O8S. The van der Waals surface area contributed by atoms with Crippen molar-refractivity contribution in [3.63, 3.8) is 0 Å². The maximum absolute atomic E-state index is 13.5. The number of benzene rings is 1. The number of aliphatic hydroxyl groups is 1. The van der Waals surface area contributed by atoms with E-state index in [1.165, 1.54) is 23.5 Å². The molecular weight excluding hydrogens is 504 g/mol. The molecule has 0 aromatic heterocycles. The zero-order chi connectivity index (χ0) is 27.6. The number of methoxy groups -OCH3 is 1. The molecule has 2 amide bonds. The number of nitrogens with one attached hydrogen (secondary N) is 2. The Kier molecular flexibility index (Phi) is 11.7. The number of alkyl carbamates (subject to hydrolysis) is 1. The summed E-state index contributed by atoms with van der Waals surface area (Å²) < 4.78 is 32.7. The molecule has 1 aromatic carbocycles. The lowest BCUT2D eigenvalue weighted by Crippen LogP contribution is -2.44. The van der Waals surface area contributed by atoms with Gasteiger partial charge < -0.3 is 20.5 Å². The first-order chi connectivity index (χ1) is 17.5. The number of sulfonamides is 1. The van der Waals surface area contributed by atoms with Gasteiger partial charge in [-0.2, -0.15) is 4.31 Å². The third-order valence-electron chi connectivity index (χ3n) is 6.37. The van der Waals surface area contributed by atoms with Crippen LogP contribution in [0.4, 0.5) is 10.5 Å². The number of carbonyl (C=O) groups excluding carboxylic acids is 2. The van der Waals surface area contributed by atoms with E-state index in [-0.39, 0.29) is 48.1 Å². The molecule has 0 aliphatic heterocycles. The molecule has 0 heterocycles. The molecule has 1 fully saturated rings. The zero-order valence-corrected chi connectivity index (χ0v) is 22.4. The van der Waals surface area contributed by atoms with Gasteiger partial charge in [0.25, 0.3) is 5.69 Å². The van der Waals surface area contributed by atoms with E-state index in [0.717, 1.165) is 25.0 Å². The summed E-state index contributed by atoms with van der Waals surface area (Å²) in [7, 11) is -2.80. The predicted molar refractivity (Wildman–Crippen MR) is 136 cm³/mol. The van der Waals surface area contributed by atoms with Gasteiger partial charge in [0.05, 0.1) is 23.5 Å². The zero-order valence-electron chi connectivity index (χ0n) is 21.6. The summed E-state index contributed by atoms with van der Waals surface area (Å²) in [5.74, 6) is 0.220. The van der Waals surface area contributed by atoms with Crippen molar-refractivity contribution >= 4 is 27.7 Å². The SMILES string of the molecule is COC(=O)NCC(=O)NC(CCCC(CO)N(CCC(C)C)S(=O)(=O)c1ccc([N+](=O)[O-])cc1)C1CC1. The van der Waals surface area contributed by atoms with Crippen molar-refractivity contribution in [1.82, 2.24) is 14.9 Å². The van der Waals surface area contributed by atoms with E-state index in [2.05, 4.69) is 15.4 Å². The van der Waals surface area contributed by atoms with Gasteiger partial charge in [0, 0.05) is 30.8 Å². The van der Waals surface area contributed by atoms with Crippen molar-refractivity contribution < 1.29 is 32.8 Å². The van der Waals surface area contributed by atoms with Gasteiger partial charge in [0.1, 0.15) is 6.54 Å². The van der Waals surface area contributed by atoms with Gasteiger partial charge in [-0.25, -0.2) is 13.2 Å². The van der Waals surface area contributed by atoms with E-state index < -0.39 is 27.1 Å². The lowest BCUT2D eigenvalue weighted by molar-refractivity contribution is -0.384. The summed E-state index contributed by atoms with van der Waals surface area (Å²) in [5.41, 5.74) is -0.207. The first-order valence-electron chi connectivity index (χ1n) is 12.5. The molecule has 0 spiro atoms. The van der Waals surface area contributed by atoms with Gasteiger partial charge in [-0.1, -0.05) is 13.8 Å². The maximum Gasteiger partial charge on any atom is 0.407 e. The fraction of sp³-hybridized carbons (Fsp3) is 0.667.